The van der Waals surface area contributed by atoms with E-state index < -0.39 is 6.10 Å². The Labute approximate surface area is 113 Å². The standard InChI is InChI=1S/C16H18O3/c1-2-16(18)13-5-9-15(10-6-13)19-11-12-3-7-14(17)8-4-12/h3-10,16-18H,2,11H2,1H3/t16-/m1/s1. The molecule has 100 valence electrons. The van der Waals surface area contributed by atoms with Crippen LogP contribution in [0, 0.1) is 0 Å². The number of benzene rings is 2. The Kier molecular flexibility index (Phi) is 4.42. The first kappa shape index (κ1) is 13.4. The van der Waals surface area contributed by atoms with Crippen molar-refractivity contribution in [3.8, 4) is 11.5 Å². The van der Waals surface area contributed by atoms with Gasteiger partial charge in [-0.2, -0.15) is 0 Å². The largest absolute Gasteiger partial charge is 0.508 e. The van der Waals surface area contributed by atoms with Crippen molar-refractivity contribution >= 4 is 0 Å². The Hall–Kier alpha value is -2.00. The fourth-order valence-electron chi connectivity index (χ4n) is 1.78. The molecule has 0 bridgehead atoms. The minimum atomic E-state index is -0.411. The topological polar surface area (TPSA) is 49.7 Å². The van der Waals surface area contributed by atoms with E-state index in [9.17, 15) is 10.2 Å². The number of rotatable bonds is 5. The van der Waals surface area contributed by atoms with E-state index >= 15 is 0 Å². The van der Waals surface area contributed by atoms with Crippen molar-refractivity contribution in [2.75, 3.05) is 0 Å². The molecule has 1 atom stereocenters. The van der Waals surface area contributed by atoms with Gasteiger partial charge >= 0.3 is 0 Å². The quantitative estimate of drug-likeness (QED) is 0.864. The Balaban J connectivity index is 1.94. The summed E-state index contributed by atoms with van der Waals surface area (Å²) in [7, 11) is 0. The summed E-state index contributed by atoms with van der Waals surface area (Å²) in [6, 6.07) is 14.4. The molecule has 2 aromatic rings. The van der Waals surface area contributed by atoms with Crippen LogP contribution in [0.1, 0.15) is 30.6 Å². The summed E-state index contributed by atoms with van der Waals surface area (Å²) in [6.07, 6.45) is 0.291. The minimum absolute atomic E-state index is 0.252. The van der Waals surface area contributed by atoms with E-state index in [-0.39, 0.29) is 5.75 Å². The smallest absolute Gasteiger partial charge is 0.119 e. The van der Waals surface area contributed by atoms with Crippen LogP contribution in [0.2, 0.25) is 0 Å². The molecule has 19 heavy (non-hydrogen) atoms. The molecule has 0 aliphatic rings. The lowest BCUT2D eigenvalue weighted by molar-refractivity contribution is 0.173. The highest BCUT2D eigenvalue weighted by Gasteiger charge is 2.04. The maximum atomic E-state index is 9.69. The predicted molar refractivity (Wildman–Crippen MR) is 74.1 cm³/mol. The molecule has 0 aromatic heterocycles. The van der Waals surface area contributed by atoms with Crippen LogP contribution in [0.5, 0.6) is 11.5 Å². The maximum absolute atomic E-state index is 9.69. The average Bonchev–Trinajstić information content (AvgIpc) is 2.46. The van der Waals surface area contributed by atoms with Crippen LogP contribution in [0.4, 0.5) is 0 Å². The third-order valence-electron chi connectivity index (χ3n) is 2.99. The van der Waals surface area contributed by atoms with E-state index in [1.165, 1.54) is 0 Å². The van der Waals surface area contributed by atoms with Gasteiger partial charge < -0.3 is 14.9 Å². The molecule has 2 N–H and O–H groups in total. The van der Waals surface area contributed by atoms with Crippen molar-refractivity contribution in [3.63, 3.8) is 0 Å². The second-order valence-electron chi connectivity index (χ2n) is 4.45. The van der Waals surface area contributed by atoms with Gasteiger partial charge in [0.05, 0.1) is 6.10 Å². The van der Waals surface area contributed by atoms with Crippen LogP contribution < -0.4 is 4.74 Å². The lowest BCUT2D eigenvalue weighted by Gasteiger charge is -2.10. The maximum Gasteiger partial charge on any atom is 0.119 e. The summed E-state index contributed by atoms with van der Waals surface area (Å²) in [5.41, 5.74) is 1.90. The molecule has 3 nitrogen and oxygen atoms in total. The molecule has 0 saturated carbocycles. The van der Waals surface area contributed by atoms with Crippen molar-refractivity contribution in [3.05, 3.63) is 59.7 Å². The molecule has 2 aromatic carbocycles. The molecule has 0 saturated heterocycles. The molecule has 0 radical (unpaired) electrons. The molecule has 0 amide bonds. The predicted octanol–water partition coefficient (Wildman–Crippen LogP) is 3.41. The summed E-state index contributed by atoms with van der Waals surface area (Å²) >= 11 is 0. The number of aromatic hydroxyl groups is 1. The Bertz CT molecular complexity index is 503. The van der Waals surface area contributed by atoms with Gasteiger partial charge in [-0.1, -0.05) is 31.2 Å². The lowest BCUT2D eigenvalue weighted by Crippen LogP contribution is -1.97. The molecule has 2 rings (SSSR count). The van der Waals surface area contributed by atoms with Crippen molar-refractivity contribution in [1.29, 1.82) is 0 Å². The number of aliphatic hydroxyl groups is 1. The molecule has 3 heteroatoms. The SMILES string of the molecule is CC[C@@H](O)c1ccc(OCc2ccc(O)cc2)cc1. The zero-order valence-corrected chi connectivity index (χ0v) is 10.9. The summed E-state index contributed by atoms with van der Waals surface area (Å²) in [5, 5.41) is 18.9. The lowest BCUT2D eigenvalue weighted by atomic mass is 10.1. The number of hydrogen-bond acceptors (Lipinski definition) is 3. The van der Waals surface area contributed by atoms with E-state index in [0.717, 1.165) is 16.9 Å². The molecule has 0 heterocycles. The van der Waals surface area contributed by atoms with Crippen molar-refractivity contribution in [2.24, 2.45) is 0 Å². The van der Waals surface area contributed by atoms with Gasteiger partial charge in [-0.05, 0) is 41.8 Å². The van der Waals surface area contributed by atoms with Crippen molar-refractivity contribution in [2.45, 2.75) is 26.1 Å². The molecular formula is C16H18O3. The number of ether oxygens (including phenoxy) is 1. The van der Waals surface area contributed by atoms with Crippen LogP contribution in [-0.4, -0.2) is 10.2 Å². The number of phenols is 1. The van der Waals surface area contributed by atoms with E-state index in [1.54, 1.807) is 12.1 Å². The average molecular weight is 258 g/mol. The second-order valence-corrected chi connectivity index (χ2v) is 4.45. The van der Waals surface area contributed by atoms with Gasteiger partial charge in [-0.15, -0.1) is 0 Å². The van der Waals surface area contributed by atoms with E-state index in [0.29, 0.717) is 13.0 Å². The van der Waals surface area contributed by atoms with Gasteiger partial charge in [0.1, 0.15) is 18.1 Å². The van der Waals surface area contributed by atoms with Gasteiger partial charge in [0, 0.05) is 0 Å². The van der Waals surface area contributed by atoms with Crippen molar-refractivity contribution in [1.82, 2.24) is 0 Å². The molecule has 0 unspecified atom stereocenters. The first-order chi connectivity index (χ1) is 9.19. The summed E-state index contributed by atoms with van der Waals surface area (Å²) in [4.78, 5) is 0. The van der Waals surface area contributed by atoms with Crippen LogP contribution in [0.3, 0.4) is 0 Å². The third kappa shape index (κ3) is 3.73. The Morgan fingerprint density at radius 1 is 1.00 bits per heavy atom. The normalized spacial score (nSPS) is 12.1. The Morgan fingerprint density at radius 3 is 2.21 bits per heavy atom. The Morgan fingerprint density at radius 2 is 1.63 bits per heavy atom. The van der Waals surface area contributed by atoms with Crippen LogP contribution >= 0.6 is 0 Å². The van der Waals surface area contributed by atoms with Gasteiger partial charge in [-0.3, -0.25) is 0 Å². The molecule has 0 fully saturated rings. The number of aliphatic hydroxyl groups excluding tert-OH is 1. The summed E-state index contributed by atoms with van der Waals surface area (Å²) in [5.74, 6) is 1.02. The van der Waals surface area contributed by atoms with E-state index in [2.05, 4.69) is 0 Å². The highest BCUT2D eigenvalue weighted by molar-refractivity contribution is 5.29. The van der Waals surface area contributed by atoms with Crippen LogP contribution in [0.25, 0.3) is 0 Å². The first-order valence-electron chi connectivity index (χ1n) is 6.37. The first-order valence-corrected chi connectivity index (χ1v) is 6.37. The molecule has 0 aliphatic heterocycles. The van der Waals surface area contributed by atoms with Gasteiger partial charge in [0.15, 0.2) is 0 Å². The zero-order chi connectivity index (χ0) is 13.7. The molecule has 0 aliphatic carbocycles. The summed E-state index contributed by atoms with van der Waals surface area (Å²) in [6.45, 7) is 2.40. The highest BCUT2D eigenvalue weighted by atomic mass is 16.5. The highest BCUT2D eigenvalue weighted by Crippen LogP contribution is 2.20. The van der Waals surface area contributed by atoms with Crippen LogP contribution in [0.15, 0.2) is 48.5 Å². The van der Waals surface area contributed by atoms with Gasteiger partial charge in [-0.25, -0.2) is 0 Å². The van der Waals surface area contributed by atoms with E-state index in [1.807, 2.05) is 43.3 Å². The number of phenolic OH excluding ortho intramolecular Hbond substituents is 1. The monoisotopic (exact) mass is 258 g/mol. The second kappa shape index (κ2) is 6.25. The van der Waals surface area contributed by atoms with Gasteiger partial charge in [0.2, 0.25) is 0 Å². The fraction of sp³-hybridized carbons (Fsp3) is 0.250. The third-order valence-corrected chi connectivity index (χ3v) is 2.99. The zero-order valence-electron chi connectivity index (χ0n) is 10.9. The van der Waals surface area contributed by atoms with Crippen molar-refractivity contribution < 1.29 is 14.9 Å². The minimum Gasteiger partial charge on any atom is -0.508 e. The van der Waals surface area contributed by atoms with Crippen LogP contribution in [-0.2, 0) is 6.61 Å². The van der Waals surface area contributed by atoms with Gasteiger partial charge in [0.25, 0.3) is 0 Å². The fourth-order valence-corrected chi connectivity index (χ4v) is 1.78. The van der Waals surface area contributed by atoms with E-state index in [4.69, 9.17) is 4.74 Å². The summed E-state index contributed by atoms with van der Waals surface area (Å²) < 4.78 is 5.64. The molecular weight excluding hydrogens is 240 g/mol. The molecule has 0 spiro atoms. The number of hydrogen-bond donors (Lipinski definition) is 2.